The molecule has 1 heterocycles. The zero-order valence-corrected chi connectivity index (χ0v) is 13.9. The first-order valence-electron chi connectivity index (χ1n) is 6.95. The normalized spacial score (nSPS) is 9.96. The molecule has 1 aromatic heterocycles. The number of amides is 2. The van der Waals surface area contributed by atoms with Crippen molar-refractivity contribution in [2.24, 2.45) is 5.73 Å². The fourth-order valence-corrected chi connectivity index (χ4v) is 2.65. The molecule has 0 bridgehead atoms. The fraction of sp³-hybridized carbons (Fsp3) is 0.125. The molecule has 0 aliphatic heterocycles. The summed E-state index contributed by atoms with van der Waals surface area (Å²) in [5, 5.41) is 4.34. The van der Waals surface area contributed by atoms with Crippen LogP contribution in [0.2, 0.25) is 0 Å². The van der Waals surface area contributed by atoms with Crippen LogP contribution in [0.5, 0.6) is 0 Å². The number of nitrogens with one attached hydrogen (secondary N) is 1. The summed E-state index contributed by atoms with van der Waals surface area (Å²) in [6.07, 6.45) is 0. The predicted molar refractivity (Wildman–Crippen MR) is 89.5 cm³/mol. The van der Waals surface area contributed by atoms with Crippen molar-refractivity contribution in [3.63, 3.8) is 0 Å². The van der Waals surface area contributed by atoms with Gasteiger partial charge in [0.1, 0.15) is 5.00 Å². The lowest BCUT2D eigenvalue weighted by Gasteiger charge is -2.07. The third-order valence-corrected chi connectivity index (χ3v) is 3.89. The molecule has 0 aliphatic rings. The minimum Gasteiger partial charge on any atom is -0.465 e. The van der Waals surface area contributed by atoms with Gasteiger partial charge < -0.3 is 20.5 Å². The summed E-state index contributed by atoms with van der Waals surface area (Å²) in [7, 11) is 1.25. The number of hydrogen-bond donors (Lipinski definition) is 2. The third kappa shape index (κ3) is 4.64. The Bertz CT molecular complexity index is 812. The molecule has 1 aromatic carbocycles. The minimum absolute atomic E-state index is 0.175. The molecule has 0 atom stereocenters. The van der Waals surface area contributed by atoms with Crippen molar-refractivity contribution < 1.29 is 28.7 Å². The monoisotopic (exact) mass is 362 g/mol. The van der Waals surface area contributed by atoms with Crippen molar-refractivity contribution in [1.29, 1.82) is 0 Å². The zero-order valence-electron chi connectivity index (χ0n) is 13.1. The van der Waals surface area contributed by atoms with Crippen LogP contribution in [0.3, 0.4) is 0 Å². The molecule has 3 N–H and O–H groups in total. The number of thiophene rings is 1. The van der Waals surface area contributed by atoms with E-state index in [0.717, 1.165) is 11.3 Å². The lowest BCUT2D eigenvalue weighted by atomic mass is 10.1. The predicted octanol–water partition coefficient (Wildman–Crippen LogP) is 1.43. The first-order chi connectivity index (χ1) is 11.9. The molecule has 8 nitrogen and oxygen atoms in total. The van der Waals surface area contributed by atoms with Crippen LogP contribution < -0.4 is 11.1 Å². The third-order valence-electron chi connectivity index (χ3n) is 3.06. The number of carbonyl (C=O) groups is 4. The Morgan fingerprint density at radius 3 is 2.20 bits per heavy atom. The Morgan fingerprint density at radius 2 is 1.64 bits per heavy atom. The maximum Gasteiger partial charge on any atom is 0.338 e. The summed E-state index contributed by atoms with van der Waals surface area (Å²) < 4.78 is 9.44. The first-order valence-corrected chi connectivity index (χ1v) is 7.83. The molecule has 9 heteroatoms. The van der Waals surface area contributed by atoms with E-state index in [1.165, 1.54) is 37.4 Å². The Hall–Kier alpha value is -3.20. The summed E-state index contributed by atoms with van der Waals surface area (Å²) in [5.74, 6) is -2.53. The Morgan fingerprint density at radius 1 is 1.04 bits per heavy atom. The smallest absolute Gasteiger partial charge is 0.338 e. The van der Waals surface area contributed by atoms with E-state index in [2.05, 4.69) is 10.1 Å². The van der Waals surface area contributed by atoms with E-state index in [-0.39, 0.29) is 21.7 Å². The molecule has 25 heavy (non-hydrogen) atoms. The van der Waals surface area contributed by atoms with Gasteiger partial charge >= 0.3 is 11.9 Å². The number of anilines is 1. The Balaban J connectivity index is 1.91. The van der Waals surface area contributed by atoms with Gasteiger partial charge in [0.2, 0.25) is 0 Å². The molecule has 2 aromatic rings. The number of benzene rings is 1. The lowest BCUT2D eigenvalue weighted by molar-refractivity contribution is -0.119. The molecule has 130 valence electrons. The average Bonchev–Trinajstić information content (AvgIpc) is 3.07. The number of primary amides is 1. The van der Waals surface area contributed by atoms with Crippen molar-refractivity contribution in [2.45, 2.75) is 0 Å². The number of hydrogen-bond acceptors (Lipinski definition) is 7. The van der Waals surface area contributed by atoms with Crippen LogP contribution in [0.4, 0.5) is 5.00 Å². The van der Waals surface area contributed by atoms with E-state index in [1.807, 2.05) is 0 Å². The van der Waals surface area contributed by atoms with Crippen LogP contribution in [0, 0.1) is 0 Å². The molecule has 0 fully saturated rings. The quantitative estimate of drug-likeness (QED) is 0.749. The molecule has 0 radical (unpaired) electrons. The van der Waals surface area contributed by atoms with Crippen LogP contribution in [0.25, 0.3) is 0 Å². The zero-order chi connectivity index (χ0) is 18.4. The van der Waals surface area contributed by atoms with Gasteiger partial charge in [0.25, 0.3) is 11.8 Å². The van der Waals surface area contributed by atoms with Gasteiger partial charge in [-0.05, 0) is 35.7 Å². The molecule has 0 aliphatic carbocycles. The largest absolute Gasteiger partial charge is 0.465 e. The van der Waals surface area contributed by atoms with Crippen molar-refractivity contribution in [1.82, 2.24) is 0 Å². The summed E-state index contributed by atoms with van der Waals surface area (Å²) >= 11 is 1.13. The van der Waals surface area contributed by atoms with Crippen molar-refractivity contribution in [2.75, 3.05) is 19.0 Å². The second kappa shape index (κ2) is 8.06. The molecule has 2 rings (SSSR count). The maximum absolute atomic E-state index is 11.9. The topological polar surface area (TPSA) is 125 Å². The number of rotatable bonds is 6. The second-order valence-corrected chi connectivity index (χ2v) is 5.64. The standard InChI is InChI=1S/C16H14N2O6S/c1-23-15(21)9-2-4-10(5-3-9)16(22)24-8-12(19)18-14-11(13(17)20)6-7-25-14/h2-7H,8H2,1H3,(H2,17,20)(H,18,19). The SMILES string of the molecule is COC(=O)c1ccc(C(=O)OCC(=O)Nc2sccc2C(N)=O)cc1. The highest BCUT2D eigenvalue weighted by atomic mass is 32.1. The number of esters is 2. The van der Waals surface area contributed by atoms with Crippen molar-refractivity contribution in [3.05, 3.63) is 52.4 Å². The summed E-state index contributed by atoms with van der Waals surface area (Å²) in [5.41, 5.74) is 5.82. The Labute approximate surface area is 146 Å². The highest BCUT2D eigenvalue weighted by Crippen LogP contribution is 2.22. The minimum atomic E-state index is -0.729. The molecular weight excluding hydrogens is 348 g/mol. The van der Waals surface area contributed by atoms with Gasteiger partial charge in [0, 0.05) is 0 Å². The lowest BCUT2D eigenvalue weighted by Crippen LogP contribution is -2.22. The molecule has 2 amide bonds. The molecular formula is C16H14N2O6S. The summed E-state index contributed by atoms with van der Waals surface area (Å²) in [6.45, 7) is -0.534. The van der Waals surface area contributed by atoms with Crippen LogP contribution in [0.1, 0.15) is 31.1 Å². The van der Waals surface area contributed by atoms with Crippen LogP contribution in [-0.4, -0.2) is 37.5 Å². The summed E-state index contributed by atoms with van der Waals surface area (Å²) in [4.78, 5) is 46.2. The van der Waals surface area contributed by atoms with Gasteiger partial charge in [-0.1, -0.05) is 0 Å². The number of methoxy groups -OCH3 is 1. The number of nitrogens with two attached hydrogens (primary N) is 1. The number of ether oxygens (including phenoxy) is 2. The summed E-state index contributed by atoms with van der Waals surface area (Å²) in [6, 6.07) is 7.08. The van der Waals surface area contributed by atoms with E-state index in [1.54, 1.807) is 5.38 Å². The van der Waals surface area contributed by atoms with Gasteiger partial charge in [-0.25, -0.2) is 9.59 Å². The van der Waals surface area contributed by atoms with E-state index in [0.29, 0.717) is 0 Å². The first kappa shape index (κ1) is 18.1. The van der Waals surface area contributed by atoms with Crippen LogP contribution >= 0.6 is 11.3 Å². The number of carbonyl (C=O) groups excluding carboxylic acids is 4. The molecule has 0 saturated carbocycles. The van der Waals surface area contributed by atoms with E-state index >= 15 is 0 Å². The van der Waals surface area contributed by atoms with E-state index < -0.39 is 30.4 Å². The van der Waals surface area contributed by atoms with Gasteiger partial charge in [-0.3, -0.25) is 9.59 Å². The average molecular weight is 362 g/mol. The van der Waals surface area contributed by atoms with Crippen molar-refractivity contribution in [3.8, 4) is 0 Å². The van der Waals surface area contributed by atoms with Crippen LogP contribution in [0.15, 0.2) is 35.7 Å². The van der Waals surface area contributed by atoms with Crippen molar-refractivity contribution >= 4 is 40.1 Å². The maximum atomic E-state index is 11.9. The van der Waals surface area contributed by atoms with Gasteiger partial charge in [-0.15, -0.1) is 11.3 Å². The van der Waals surface area contributed by atoms with Crippen LogP contribution in [-0.2, 0) is 14.3 Å². The Kier molecular flexibility index (Phi) is 5.85. The molecule has 0 saturated heterocycles. The van der Waals surface area contributed by atoms with E-state index in [9.17, 15) is 19.2 Å². The van der Waals surface area contributed by atoms with E-state index in [4.69, 9.17) is 10.5 Å². The molecule has 0 spiro atoms. The van der Waals surface area contributed by atoms with Gasteiger partial charge in [-0.2, -0.15) is 0 Å². The highest BCUT2D eigenvalue weighted by Gasteiger charge is 2.15. The highest BCUT2D eigenvalue weighted by molar-refractivity contribution is 7.14. The second-order valence-electron chi connectivity index (χ2n) is 4.72. The fourth-order valence-electron chi connectivity index (χ4n) is 1.84. The molecule has 0 unspecified atom stereocenters. The van der Waals surface area contributed by atoms with Gasteiger partial charge in [0.05, 0.1) is 23.8 Å². The van der Waals surface area contributed by atoms with Gasteiger partial charge in [0.15, 0.2) is 6.61 Å².